The molecular formula is C9H15N2O3PS2. The van der Waals surface area contributed by atoms with Gasteiger partial charge in [0, 0.05) is 5.38 Å². The lowest BCUT2D eigenvalue weighted by Crippen LogP contribution is -2.09. The van der Waals surface area contributed by atoms with E-state index in [9.17, 15) is 4.57 Å². The van der Waals surface area contributed by atoms with Crippen molar-refractivity contribution in [1.29, 1.82) is 0 Å². The number of nitrogens with two attached hydrogens (primary N) is 1. The number of rotatable bonds is 7. The maximum Gasteiger partial charge on any atom is 0.336 e. The zero-order valence-corrected chi connectivity index (χ0v) is 12.2. The largest absolute Gasteiger partial charge is 0.387 e. The van der Waals surface area contributed by atoms with Gasteiger partial charge in [0.05, 0.1) is 25.1 Å². The Labute approximate surface area is 110 Å². The first kappa shape index (κ1) is 14.7. The van der Waals surface area contributed by atoms with Crippen LogP contribution in [0.15, 0.2) is 5.38 Å². The molecule has 5 nitrogen and oxygen atoms in total. The van der Waals surface area contributed by atoms with E-state index in [-0.39, 0.29) is 11.2 Å². The Balaban J connectivity index is 2.78. The van der Waals surface area contributed by atoms with Crippen LogP contribution in [0.4, 0.5) is 0 Å². The lowest BCUT2D eigenvalue weighted by Gasteiger charge is -2.15. The topological polar surface area (TPSA) is 74.4 Å². The Morgan fingerprint density at radius 3 is 2.53 bits per heavy atom. The van der Waals surface area contributed by atoms with E-state index in [2.05, 4.69) is 4.98 Å². The summed E-state index contributed by atoms with van der Waals surface area (Å²) in [4.78, 5) is 4.42. The quantitative estimate of drug-likeness (QED) is 0.615. The molecule has 0 radical (unpaired) electrons. The fourth-order valence-corrected chi connectivity index (χ4v) is 3.80. The summed E-state index contributed by atoms with van der Waals surface area (Å²) < 4.78 is 22.6. The van der Waals surface area contributed by atoms with Gasteiger partial charge in [-0.05, 0) is 13.8 Å². The summed E-state index contributed by atoms with van der Waals surface area (Å²) in [5.41, 5.74) is 6.08. The van der Waals surface area contributed by atoms with E-state index in [1.54, 1.807) is 19.2 Å². The molecule has 2 N–H and O–H groups in total. The monoisotopic (exact) mass is 294 g/mol. The van der Waals surface area contributed by atoms with Gasteiger partial charge in [0.15, 0.2) is 5.01 Å². The van der Waals surface area contributed by atoms with Crippen molar-refractivity contribution in [1.82, 2.24) is 4.98 Å². The van der Waals surface area contributed by atoms with Crippen LogP contribution < -0.4 is 5.73 Å². The minimum Gasteiger partial charge on any atom is -0.387 e. The lowest BCUT2D eigenvalue weighted by atomic mass is 10.6. The van der Waals surface area contributed by atoms with Gasteiger partial charge in [0.2, 0.25) is 0 Å². The fourth-order valence-electron chi connectivity index (χ4n) is 1.21. The first-order valence-corrected chi connectivity index (χ1v) is 8.14. The molecular weight excluding hydrogens is 279 g/mol. The van der Waals surface area contributed by atoms with Crippen LogP contribution in [-0.2, 0) is 19.8 Å². The van der Waals surface area contributed by atoms with Crippen LogP contribution >= 0.6 is 31.2 Å². The molecule has 0 aliphatic heterocycles. The van der Waals surface area contributed by atoms with E-state index in [4.69, 9.17) is 27.0 Å². The van der Waals surface area contributed by atoms with Gasteiger partial charge < -0.3 is 14.8 Å². The highest BCUT2D eigenvalue weighted by atomic mass is 32.1. The van der Waals surface area contributed by atoms with Crippen LogP contribution in [0.25, 0.3) is 0 Å². The van der Waals surface area contributed by atoms with Gasteiger partial charge in [-0.15, -0.1) is 11.3 Å². The van der Waals surface area contributed by atoms with Crippen LogP contribution in [0.5, 0.6) is 0 Å². The number of thiocarbonyl (C=S) groups is 1. The van der Waals surface area contributed by atoms with E-state index < -0.39 is 7.60 Å². The normalized spacial score (nSPS) is 11.6. The van der Waals surface area contributed by atoms with Crippen LogP contribution in [0.2, 0.25) is 0 Å². The molecule has 8 heteroatoms. The summed E-state index contributed by atoms with van der Waals surface area (Å²) in [6, 6.07) is 0. The minimum atomic E-state index is -3.10. The Bertz CT molecular complexity index is 426. The van der Waals surface area contributed by atoms with Gasteiger partial charge in [-0.25, -0.2) is 4.98 Å². The average molecular weight is 294 g/mol. The van der Waals surface area contributed by atoms with Crippen LogP contribution in [0, 0.1) is 0 Å². The Morgan fingerprint density at radius 2 is 2.12 bits per heavy atom. The molecule has 0 bridgehead atoms. The highest BCUT2D eigenvalue weighted by Gasteiger charge is 2.25. The molecule has 17 heavy (non-hydrogen) atoms. The zero-order chi connectivity index (χ0) is 12.9. The summed E-state index contributed by atoms with van der Waals surface area (Å²) in [5.74, 6) is 0. The van der Waals surface area contributed by atoms with Crippen molar-refractivity contribution in [3.8, 4) is 0 Å². The van der Waals surface area contributed by atoms with Crippen molar-refractivity contribution < 1.29 is 13.6 Å². The van der Waals surface area contributed by atoms with Crippen molar-refractivity contribution in [2.45, 2.75) is 20.0 Å². The van der Waals surface area contributed by atoms with Gasteiger partial charge in [0.1, 0.15) is 4.99 Å². The van der Waals surface area contributed by atoms with Crippen LogP contribution in [0.1, 0.15) is 24.5 Å². The SMILES string of the molecule is CCOP(=O)(Cc1csc(C(N)=S)n1)OCC. The summed E-state index contributed by atoms with van der Waals surface area (Å²) in [6.07, 6.45) is 0.147. The van der Waals surface area contributed by atoms with Gasteiger partial charge in [-0.1, -0.05) is 12.2 Å². The highest BCUT2D eigenvalue weighted by molar-refractivity contribution is 7.81. The lowest BCUT2D eigenvalue weighted by molar-refractivity contribution is 0.219. The maximum absolute atomic E-state index is 12.2. The third-order valence-corrected chi connectivity index (χ3v) is 5.03. The molecule has 0 fully saturated rings. The Kier molecular flexibility index (Phi) is 5.69. The van der Waals surface area contributed by atoms with Crippen molar-refractivity contribution in [3.05, 3.63) is 16.1 Å². The van der Waals surface area contributed by atoms with Gasteiger partial charge in [-0.2, -0.15) is 0 Å². The number of nitrogens with zero attached hydrogens (tertiary/aromatic N) is 1. The summed E-state index contributed by atoms with van der Waals surface area (Å²) in [7, 11) is -3.10. The predicted octanol–water partition coefficient (Wildman–Crippen LogP) is 2.54. The molecule has 1 rings (SSSR count). The Hall–Kier alpha value is -0.330. The summed E-state index contributed by atoms with van der Waals surface area (Å²) in [5, 5.41) is 2.33. The number of hydrogen-bond acceptors (Lipinski definition) is 6. The molecule has 1 aromatic rings. The van der Waals surface area contributed by atoms with Crippen molar-refractivity contribution in [3.63, 3.8) is 0 Å². The third kappa shape index (κ3) is 4.44. The van der Waals surface area contributed by atoms with E-state index in [1.165, 1.54) is 11.3 Å². The van der Waals surface area contributed by atoms with Crippen molar-refractivity contribution >= 4 is 36.1 Å². The summed E-state index contributed by atoms with van der Waals surface area (Å²) in [6.45, 7) is 4.22. The smallest absolute Gasteiger partial charge is 0.336 e. The second kappa shape index (κ2) is 6.56. The number of thiazole rings is 1. The van der Waals surface area contributed by atoms with E-state index >= 15 is 0 Å². The van der Waals surface area contributed by atoms with Crippen LogP contribution in [0.3, 0.4) is 0 Å². The number of aromatic nitrogens is 1. The molecule has 0 aromatic carbocycles. The molecule has 0 unspecified atom stereocenters. The first-order chi connectivity index (χ1) is 8.00. The molecule has 0 atom stereocenters. The molecule has 0 saturated carbocycles. The molecule has 0 spiro atoms. The van der Waals surface area contributed by atoms with Gasteiger partial charge in [0.25, 0.3) is 0 Å². The highest BCUT2D eigenvalue weighted by Crippen LogP contribution is 2.51. The fraction of sp³-hybridized carbons (Fsp3) is 0.556. The van der Waals surface area contributed by atoms with E-state index in [0.29, 0.717) is 23.9 Å². The zero-order valence-electron chi connectivity index (χ0n) is 9.71. The average Bonchev–Trinajstić information content (AvgIpc) is 2.66. The van der Waals surface area contributed by atoms with E-state index in [0.717, 1.165) is 0 Å². The third-order valence-electron chi connectivity index (χ3n) is 1.77. The maximum atomic E-state index is 12.2. The van der Waals surface area contributed by atoms with Gasteiger partial charge in [-0.3, -0.25) is 4.57 Å². The predicted molar refractivity (Wildman–Crippen MR) is 72.6 cm³/mol. The van der Waals surface area contributed by atoms with Crippen molar-refractivity contribution in [2.75, 3.05) is 13.2 Å². The summed E-state index contributed by atoms with van der Waals surface area (Å²) >= 11 is 6.14. The minimum absolute atomic E-state index is 0.147. The molecule has 0 saturated heterocycles. The second-order valence-corrected chi connectivity index (χ2v) is 6.47. The second-order valence-electron chi connectivity index (χ2n) is 3.11. The standard InChI is InChI=1S/C9H15N2O3PS2/c1-3-13-15(12,14-4-2)5-7-6-17-9(11-7)8(10)16/h6H,3-5H2,1-2H3,(H2,10,16). The van der Waals surface area contributed by atoms with Crippen molar-refractivity contribution in [2.24, 2.45) is 5.73 Å². The Morgan fingerprint density at radius 1 is 1.53 bits per heavy atom. The van der Waals surface area contributed by atoms with Crippen LogP contribution in [-0.4, -0.2) is 23.2 Å². The molecule has 0 aliphatic carbocycles. The van der Waals surface area contributed by atoms with Gasteiger partial charge >= 0.3 is 7.60 Å². The van der Waals surface area contributed by atoms with E-state index in [1.807, 2.05) is 0 Å². The molecule has 1 aromatic heterocycles. The molecule has 0 amide bonds. The molecule has 96 valence electrons. The molecule has 0 aliphatic rings. The first-order valence-electron chi connectivity index (χ1n) is 5.13. The molecule has 1 heterocycles. The number of hydrogen-bond donors (Lipinski definition) is 1.